The van der Waals surface area contributed by atoms with Gasteiger partial charge in [0.15, 0.2) is 0 Å². The van der Waals surface area contributed by atoms with Gasteiger partial charge in [0.05, 0.1) is 11.3 Å². The zero-order valence-corrected chi connectivity index (χ0v) is 13.4. The highest BCUT2D eigenvalue weighted by molar-refractivity contribution is 6.35. The molecule has 2 aromatic carbocycles. The minimum atomic E-state index is -0.904. The van der Waals surface area contributed by atoms with E-state index in [9.17, 15) is 4.79 Å². The number of nitrogens with zero attached hydrogens (tertiary/aromatic N) is 2. The molecular weight excluding hydrogens is 335 g/mol. The summed E-state index contributed by atoms with van der Waals surface area (Å²) in [6.07, 6.45) is 3.86. The smallest absolute Gasteiger partial charge is 0.241 e. The third-order valence-electron chi connectivity index (χ3n) is 3.21. The highest BCUT2D eigenvalue weighted by Crippen LogP contribution is 2.31. The predicted molar refractivity (Wildman–Crippen MR) is 89.1 cm³/mol. The van der Waals surface area contributed by atoms with Crippen molar-refractivity contribution in [1.82, 2.24) is 9.55 Å². The van der Waals surface area contributed by atoms with E-state index >= 15 is 0 Å². The van der Waals surface area contributed by atoms with E-state index < -0.39 is 6.23 Å². The minimum Gasteiger partial charge on any atom is -0.461 e. The number of aromatic nitrogens is 2. The Morgan fingerprint density at radius 3 is 2.57 bits per heavy atom. The summed E-state index contributed by atoms with van der Waals surface area (Å²) in [7, 11) is 0. The van der Waals surface area contributed by atoms with Crippen molar-refractivity contribution in [3.63, 3.8) is 0 Å². The predicted octanol–water partition coefficient (Wildman–Crippen LogP) is 4.65. The van der Waals surface area contributed by atoms with E-state index in [-0.39, 0.29) is 5.78 Å². The molecule has 1 heterocycles. The van der Waals surface area contributed by atoms with Crippen LogP contribution in [0.1, 0.15) is 16.6 Å². The molecule has 0 spiro atoms. The first kappa shape index (κ1) is 15.6. The van der Waals surface area contributed by atoms with Gasteiger partial charge in [0.25, 0.3) is 0 Å². The van der Waals surface area contributed by atoms with E-state index in [0.29, 0.717) is 21.4 Å². The monoisotopic (exact) mass is 346 g/mol. The lowest BCUT2D eigenvalue weighted by Crippen LogP contribution is -2.24. The van der Waals surface area contributed by atoms with Crippen molar-refractivity contribution in [1.29, 1.82) is 0 Å². The zero-order chi connectivity index (χ0) is 16.2. The summed E-state index contributed by atoms with van der Waals surface area (Å²) in [4.78, 5) is 16.8. The lowest BCUT2D eigenvalue weighted by atomic mass is 10.1. The third-order valence-corrected chi connectivity index (χ3v) is 3.74. The van der Waals surface area contributed by atoms with Crippen LogP contribution in [0.3, 0.4) is 0 Å². The SMILES string of the molecule is O=C(c1ccccc1)C(Oc1ccc(Cl)cc1Cl)n1ccnc1. The van der Waals surface area contributed by atoms with E-state index in [1.54, 1.807) is 59.4 Å². The first-order valence-corrected chi connectivity index (χ1v) is 7.59. The fourth-order valence-corrected chi connectivity index (χ4v) is 2.55. The number of hydrogen-bond donors (Lipinski definition) is 0. The maximum atomic E-state index is 12.8. The number of imidazole rings is 1. The van der Waals surface area contributed by atoms with Crippen LogP contribution >= 0.6 is 23.2 Å². The molecule has 1 aromatic heterocycles. The van der Waals surface area contributed by atoms with Gasteiger partial charge in [-0.05, 0) is 18.2 Å². The van der Waals surface area contributed by atoms with Gasteiger partial charge in [-0.2, -0.15) is 0 Å². The molecule has 0 fully saturated rings. The van der Waals surface area contributed by atoms with Gasteiger partial charge in [0.1, 0.15) is 5.75 Å². The molecule has 0 bridgehead atoms. The number of carbonyl (C=O) groups excluding carboxylic acids is 1. The van der Waals surface area contributed by atoms with Crippen LogP contribution in [0.25, 0.3) is 0 Å². The van der Waals surface area contributed by atoms with E-state index in [1.807, 2.05) is 6.07 Å². The molecule has 116 valence electrons. The van der Waals surface area contributed by atoms with Gasteiger partial charge in [0.2, 0.25) is 12.0 Å². The molecule has 3 rings (SSSR count). The number of benzene rings is 2. The van der Waals surface area contributed by atoms with E-state index in [2.05, 4.69) is 4.98 Å². The summed E-state index contributed by atoms with van der Waals surface area (Å²) in [6, 6.07) is 13.8. The van der Waals surface area contributed by atoms with E-state index in [1.165, 1.54) is 6.33 Å². The largest absolute Gasteiger partial charge is 0.461 e. The number of Topliss-reactive ketones (excluding diaryl/α,β-unsaturated/α-hetero) is 1. The van der Waals surface area contributed by atoms with Gasteiger partial charge in [-0.1, -0.05) is 53.5 Å². The van der Waals surface area contributed by atoms with Crippen LogP contribution in [0.15, 0.2) is 67.3 Å². The summed E-state index contributed by atoms with van der Waals surface area (Å²) < 4.78 is 7.43. The average molecular weight is 347 g/mol. The van der Waals surface area contributed by atoms with Crippen LogP contribution in [0.5, 0.6) is 5.75 Å². The Morgan fingerprint density at radius 1 is 1.13 bits per heavy atom. The second-order valence-electron chi connectivity index (χ2n) is 4.79. The van der Waals surface area contributed by atoms with Crippen molar-refractivity contribution in [2.45, 2.75) is 6.23 Å². The first-order valence-electron chi connectivity index (χ1n) is 6.83. The maximum Gasteiger partial charge on any atom is 0.241 e. The highest BCUT2D eigenvalue weighted by atomic mass is 35.5. The Bertz CT molecular complexity index is 805. The summed E-state index contributed by atoms with van der Waals surface area (Å²) in [6.45, 7) is 0. The normalized spacial score (nSPS) is 11.9. The van der Waals surface area contributed by atoms with Crippen molar-refractivity contribution in [3.05, 3.63) is 82.9 Å². The Morgan fingerprint density at radius 2 is 1.91 bits per heavy atom. The first-order chi connectivity index (χ1) is 11.1. The number of hydrogen-bond acceptors (Lipinski definition) is 3. The molecule has 1 unspecified atom stereocenters. The zero-order valence-electron chi connectivity index (χ0n) is 11.9. The van der Waals surface area contributed by atoms with E-state index in [4.69, 9.17) is 27.9 Å². The average Bonchev–Trinajstić information content (AvgIpc) is 3.08. The van der Waals surface area contributed by atoms with Gasteiger partial charge in [-0.15, -0.1) is 0 Å². The maximum absolute atomic E-state index is 12.8. The van der Waals surface area contributed by atoms with Gasteiger partial charge in [-0.25, -0.2) is 4.98 Å². The van der Waals surface area contributed by atoms with Crippen molar-refractivity contribution < 1.29 is 9.53 Å². The molecule has 23 heavy (non-hydrogen) atoms. The van der Waals surface area contributed by atoms with Crippen LogP contribution < -0.4 is 4.74 Å². The van der Waals surface area contributed by atoms with Crippen molar-refractivity contribution in [2.24, 2.45) is 0 Å². The number of carbonyl (C=O) groups is 1. The van der Waals surface area contributed by atoms with Crippen LogP contribution in [0, 0.1) is 0 Å². The van der Waals surface area contributed by atoms with Crippen molar-refractivity contribution in [2.75, 3.05) is 0 Å². The molecule has 0 amide bonds. The van der Waals surface area contributed by atoms with Crippen LogP contribution in [-0.2, 0) is 0 Å². The quantitative estimate of drug-likeness (QED) is 0.631. The summed E-state index contributed by atoms with van der Waals surface area (Å²) >= 11 is 12.0. The van der Waals surface area contributed by atoms with Gasteiger partial charge < -0.3 is 4.74 Å². The Balaban J connectivity index is 1.95. The molecule has 0 aliphatic heterocycles. The number of halogens is 2. The molecule has 0 saturated carbocycles. The second kappa shape index (κ2) is 6.86. The fourth-order valence-electron chi connectivity index (χ4n) is 2.09. The lowest BCUT2D eigenvalue weighted by Gasteiger charge is -2.20. The van der Waals surface area contributed by atoms with Gasteiger partial charge >= 0.3 is 0 Å². The molecule has 0 N–H and O–H groups in total. The molecule has 0 aliphatic carbocycles. The second-order valence-corrected chi connectivity index (χ2v) is 5.63. The van der Waals surface area contributed by atoms with Crippen LogP contribution in [-0.4, -0.2) is 15.3 Å². The third kappa shape index (κ3) is 3.55. The minimum absolute atomic E-state index is 0.199. The molecule has 0 aliphatic rings. The van der Waals surface area contributed by atoms with Crippen LogP contribution in [0.4, 0.5) is 0 Å². The molecule has 0 saturated heterocycles. The number of rotatable bonds is 5. The number of ether oxygens (including phenoxy) is 1. The summed E-state index contributed by atoms with van der Waals surface area (Å²) in [5.41, 5.74) is 0.538. The number of ketones is 1. The fraction of sp³-hybridized carbons (Fsp3) is 0.0588. The molecule has 3 aromatic rings. The van der Waals surface area contributed by atoms with E-state index in [0.717, 1.165) is 0 Å². The Hall–Kier alpha value is -2.30. The molecule has 6 heteroatoms. The molecule has 4 nitrogen and oxygen atoms in total. The Kier molecular flexibility index (Phi) is 4.65. The van der Waals surface area contributed by atoms with Gasteiger partial charge in [0, 0.05) is 23.0 Å². The molecular formula is C17H12Cl2N2O2. The van der Waals surface area contributed by atoms with Crippen LogP contribution in [0.2, 0.25) is 10.0 Å². The standard InChI is InChI=1S/C17H12Cl2N2O2/c18-13-6-7-15(14(19)10-13)23-17(21-9-8-20-11-21)16(22)12-4-2-1-3-5-12/h1-11,17H. The highest BCUT2D eigenvalue weighted by Gasteiger charge is 2.24. The topological polar surface area (TPSA) is 44.1 Å². The summed E-state index contributed by atoms with van der Waals surface area (Å²) in [5, 5.41) is 0.833. The van der Waals surface area contributed by atoms with Crippen molar-refractivity contribution >= 4 is 29.0 Å². The molecule has 1 atom stereocenters. The Labute approximate surface area is 143 Å². The lowest BCUT2D eigenvalue weighted by molar-refractivity contribution is 0.0654. The summed E-state index contributed by atoms with van der Waals surface area (Å²) in [5.74, 6) is 0.175. The molecule has 0 radical (unpaired) electrons. The van der Waals surface area contributed by atoms with Crippen molar-refractivity contribution in [3.8, 4) is 5.75 Å². The van der Waals surface area contributed by atoms with Gasteiger partial charge in [-0.3, -0.25) is 9.36 Å².